The summed E-state index contributed by atoms with van der Waals surface area (Å²) in [5.74, 6) is -0.844. The maximum Gasteiger partial charge on any atom is 0.336 e. The van der Waals surface area contributed by atoms with Gasteiger partial charge in [0.15, 0.2) is 6.10 Å². The number of anilines is 1. The van der Waals surface area contributed by atoms with Gasteiger partial charge in [0.05, 0.1) is 20.3 Å². The summed E-state index contributed by atoms with van der Waals surface area (Å²) in [5.41, 5.74) is 6.77. The third kappa shape index (κ3) is 3.05. The second kappa shape index (κ2) is 6.15. The predicted octanol–water partition coefficient (Wildman–Crippen LogP) is 0.838. The standard InChI is InChI=1S/C13H15FN2O3S/c1-18-13(17)11-7-16(4-5-19-11)10-3-2-8(14)6-9(10)12(15)20/h2-3,6,11H,4-5,7H2,1H3,(H2,15,20). The van der Waals surface area contributed by atoms with Gasteiger partial charge < -0.3 is 20.1 Å². The Bertz CT molecular complexity index is 538. The number of carbonyl (C=O) groups is 1. The minimum atomic E-state index is -0.669. The minimum absolute atomic E-state index is 0.112. The number of hydrogen-bond donors (Lipinski definition) is 1. The number of esters is 1. The maximum atomic E-state index is 13.3. The molecule has 2 N–H and O–H groups in total. The van der Waals surface area contributed by atoms with E-state index in [0.717, 1.165) is 0 Å². The zero-order valence-electron chi connectivity index (χ0n) is 11.0. The van der Waals surface area contributed by atoms with Crippen molar-refractivity contribution in [1.82, 2.24) is 0 Å². The fraction of sp³-hybridized carbons (Fsp3) is 0.385. The summed E-state index contributed by atoms with van der Waals surface area (Å²) in [6.45, 7) is 1.25. The van der Waals surface area contributed by atoms with Gasteiger partial charge in [-0.3, -0.25) is 0 Å². The molecule has 1 aliphatic rings. The lowest BCUT2D eigenvalue weighted by Gasteiger charge is -2.34. The van der Waals surface area contributed by atoms with Gasteiger partial charge in [0.1, 0.15) is 10.8 Å². The van der Waals surface area contributed by atoms with Gasteiger partial charge in [-0.2, -0.15) is 0 Å². The van der Waals surface area contributed by atoms with Gasteiger partial charge in [0, 0.05) is 17.8 Å². The normalized spacial score (nSPS) is 18.7. The van der Waals surface area contributed by atoms with Crippen LogP contribution < -0.4 is 10.6 Å². The highest BCUT2D eigenvalue weighted by Gasteiger charge is 2.28. The van der Waals surface area contributed by atoms with E-state index in [4.69, 9.17) is 22.7 Å². The van der Waals surface area contributed by atoms with Crippen molar-refractivity contribution in [2.45, 2.75) is 6.10 Å². The Kier molecular flexibility index (Phi) is 4.51. The van der Waals surface area contributed by atoms with Gasteiger partial charge in [-0.1, -0.05) is 12.2 Å². The first-order valence-electron chi connectivity index (χ1n) is 6.06. The average Bonchev–Trinajstić information content (AvgIpc) is 2.46. The van der Waals surface area contributed by atoms with E-state index in [1.165, 1.54) is 19.2 Å². The first kappa shape index (κ1) is 14.7. The monoisotopic (exact) mass is 298 g/mol. The lowest BCUT2D eigenvalue weighted by molar-refractivity contribution is -0.154. The number of thiocarbonyl (C=S) groups is 1. The number of nitrogens with zero attached hydrogens (tertiary/aromatic N) is 1. The molecule has 1 saturated heterocycles. The highest BCUT2D eigenvalue weighted by molar-refractivity contribution is 7.80. The Labute approximate surface area is 121 Å². The van der Waals surface area contributed by atoms with Crippen molar-refractivity contribution in [3.63, 3.8) is 0 Å². The Morgan fingerprint density at radius 2 is 2.35 bits per heavy atom. The molecule has 1 fully saturated rings. The number of rotatable bonds is 3. The van der Waals surface area contributed by atoms with Crippen LogP contribution in [0.15, 0.2) is 18.2 Å². The largest absolute Gasteiger partial charge is 0.467 e. The third-order valence-electron chi connectivity index (χ3n) is 3.10. The summed E-state index contributed by atoms with van der Waals surface area (Å²) in [7, 11) is 1.31. The fourth-order valence-electron chi connectivity index (χ4n) is 2.12. The van der Waals surface area contributed by atoms with E-state index in [1.807, 2.05) is 4.90 Å². The van der Waals surface area contributed by atoms with Crippen molar-refractivity contribution in [3.8, 4) is 0 Å². The van der Waals surface area contributed by atoms with Crippen molar-refractivity contribution in [2.24, 2.45) is 5.73 Å². The first-order chi connectivity index (χ1) is 9.52. The molecule has 1 atom stereocenters. The molecular formula is C13H15FN2O3S. The molecule has 0 amide bonds. The van der Waals surface area contributed by atoms with Crippen LogP contribution in [0.2, 0.25) is 0 Å². The molecule has 1 unspecified atom stereocenters. The molecule has 0 aromatic heterocycles. The van der Waals surface area contributed by atoms with Gasteiger partial charge in [-0.25, -0.2) is 9.18 Å². The number of ether oxygens (including phenoxy) is 2. The molecule has 7 heteroatoms. The number of methoxy groups -OCH3 is 1. The number of halogens is 1. The summed E-state index contributed by atoms with van der Waals surface area (Å²) in [6.07, 6.45) is -0.669. The summed E-state index contributed by atoms with van der Waals surface area (Å²) in [4.78, 5) is 13.5. The van der Waals surface area contributed by atoms with Crippen LogP contribution in [0.25, 0.3) is 0 Å². The van der Waals surface area contributed by atoms with E-state index in [2.05, 4.69) is 4.74 Å². The van der Waals surface area contributed by atoms with Crippen molar-refractivity contribution in [1.29, 1.82) is 0 Å². The first-order valence-corrected chi connectivity index (χ1v) is 6.47. The third-order valence-corrected chi connectivity index (χ3v) is 3.32. The SMILES string of the molecule is COC(=O)C1CN(c2ccc(F)cc2C(N)=S)CCO1. The van der Waals surface area contributed by atoms with Gasteiger partial charge in [0.2, 0.25) is 0 Å². The smallest absolute Gasteiger partial charge is 0.336 e. The summed E-state index contributed by atoms with van der Waals surface area (Å²) in [5, 5.41) is 0. The van der Waals surface area contributed by atoms with Crippen molar-refractivity contribution in [2.75, 3.05) is 31.7 Å². The van der Waals surface area contributed by atoms with Crippen molar-refractivity contribution >= 4 is 28.9 Å². The van der Waals surface area contributed by atoms with Crippen LogP contribution in [-0.4, -0.2) is 43.9 Å². The molecule has 1 aromatic rings. The van der Waals surface area contributed by atoms with Crippen LogP contribution in [0.5, 0.6) is 0 Å². The molecule has 0 bridgehead atoms. The number of benzene rings is 1. The Morgan fingerprint density at radius 3 is 3.00 bits per heavy atom. The zero-order chi connectivity index (χ0) is 14.7. The van der Waals surface area contributed by atoms with Crippen molar-refractivity contribution < 1.29 is 18.7 Å². The molecule has 0 radical (unpaired) electrons. The van der Waals surface area contributed by atoms with Crippen LogP contribution in [-0.2, 0) is 14.3 Å². The van der Waals surface area contributed by atoms with E-state index in [0.29, 0.717) is 30.9 Å². The summed E-state index contributed by atoms with van der Waals surface area (Å²) < 4.78 is 23.3. The number of hydrogen-bond acceptors (Lipinski definition) is 5. The maximum absolute atomic E-state index is 13.3. The average molecular weight is 298 g/mol. The van der Waals surface area contributed by atoms with Gasteiger partial charge in [-0.15, -0.1) is 0 Å². The molecular weight excluding hydrogens is 283 g/mol. The van der Waals surface area contributed by atoms with Crippen LogP contribution in [0.4, 0.5) is 10.1 Å². The fourth-order valence-corrected chi connectivity index (χ4v) is 2.29. The highest BCUT2D eigenvalue weighted by Crippen LogP contribution is 2.24. The van der Waals surface area contributed by atoms with E-state index in [9.17, 15) is 9.18 Å². The van der Waals surface area contributed by atoms with E-state index in [-0.39, 0.29) is 4.99 Å². The lowest BCUT2D eigenvalue weighted by Crippen LogP contribution is -2.47. The Hall–Kier alpha value is -1.73. The molecule has 0 spiro atoms. The highest BCUT2D eigenvalue weighted by atomic mass is 32.1. The molecule has 1 aromatic carbocycles. The van der Waals surface area contributed by atoms with Gasteiger partial charge in [0.25, 0.3) is 0 Å². The van der Waals surface area contributed by atoms with Crippen LogP contribution in [0, 0.1) is 5.82 Å². The summed E-state index contributed by atoms with van der Waals surface area (Å²) >= 11 is 4.94. The van der Waals surface area contributed by atoms with E-state index < -0.39 is 17.9 Å². The second-order valence-corrected chi connectivity index (χ2v) is 4.79. The quantitative estimate of drug-likeness (QED) is 0.659. The Balaban J connectivity index is 2.27. The van der Waals surface area contributed by atoms with E-state index >= 15 is 0 Å². The molecule has 20 heavy (non-hydrogen) atoms. The van der Waals surface area contributed by atoms with Crippen LogP contribution >= 0.6 is 12.2 Å². The van der Waals surface area contributed by atoms with Crippen LogP contribution in [0.3, 0.4) is 0 Å². The topological polar surface area (TPSA) is 64.8 Å². The molecule has 1 heterocycles. The predicted molar refractivity (Wildman–Crippen MR) is 76.3 cm³/mol. The van der Waals surface area contributed by atoms with Gasteiger partial charge >= 0.3 is 5.97 Å². The molecule has 5 nitrogen and oxygen atoms in total. The molecule has 108 valence electrons. The van der Waals surface area contributed by atoms with Gasteiger partial charge in [-0.05, 0) is 18.2 Å². The lowest BCUT2D eigenvalue weighted by atomic mass is 10.1. The molecule has 1 aliphatic heterocycles. The Morgan fingerprint density at radius 1 is 1.60 bits per heavy atom. The second-order valence-electron chi connectivity index (χ2n) is 4.35. The molecule has 0 saturated carbocycles. The number of carbonyl (C=O) groups excluding carboxylic acids is 1. The minimum Gasteiger partial charge on any atom is -0.467 e. The molecule has 2 rings (SSSR count). The summed E-state index contributed by atoms with van der Waals surface area (Å²) in [6, 6.07) is 4.23. The van der Waals surface area contributed by atoms with E-state index in [1.54, 1.807) is 6.07 Å². The number of morpholine rings is 1. The number of nitrogens with two attached hydrogens (primary N) is 1. The van der Waals surface area contributed by atoms with Crippen LogP contribution in [0.1, 0.15) is 5.56 Å². The molecule has 0 aliphatic carbocycles. The van der Waals surface area contributed by atoms with Crippen molar-refractivity contribution in [3.05, 3.63) is 29.6 Å². The zero-order valence-corrected chi connectivity index (χ0v) is 11.8.